The fraction of sp³-hybridized carbons (Fsp3) is 0.300. The second-order valence-electron chi connectivity index (χ2n) is 6.37. The molecule has 0 aliphatic heterocycles. The molecule has 6 nitrogen and oxygen atoms in total. The second-order valence-corrected chi connectivity index (χ2v) is 8.74. The lowest BCUT2D eigenvalue weighted by Gasteiger charge is -2.11. The number of halogens is 1. The van der Waals surface area contributed by atoms with Crippen LogP contribution < -0.4 is 4.72 Å². The van der Waals surface area contributed by atoms with Crippen molar-refractivity contribution in [3.63, 3.8) is 0 Å². The molecule has 2 aromatic carbocycles. The normalized spacial score (nSPS) is 12.5. The van der Waals surface area contributed by atoms with Crippen molar-refractivity contribution in [2.45, 2.75) is 25.2 Å². The number of sulfonamides is 1. The molecule has 28 heavy (non-hydrogen) atoms. The zero-order valence-electron chi connectivity index (χ0n) is 15.2. The summed E-state index contributed by atoms with van der Waals surface area (Å²) in [6, 6.07) is 13.9. The number of nitrogens with one attached hydrogen (secondary N) is 1. The van der Waals surface area contributed by atoms with Gasteiger partial charge in [0.05, 0.1) is 11.7 Å². The number of carboxylic acids is 1. The molecule has 0 saturated carbocycles. The van der Waals surface area contributed by atoms with Crippen molar-refractivity contribution < 1.29 is 23.1 Å². The van der Waals surface area contributed by atoms with Gasteiger partial charge in [0.15, 0.2) is 0 Å². The highest BCUT2D eigenvalue weighted by Crippen LogP contribution is 2.19. The first-order valence-corrected chi connectivity index (χ1v) is 10.8. The minimum atomic E-state index is -3.40. The highest BCUT2D eigenvalue weighted by molar-refractivity contribution is 7.89. The third-order valence-electron chi connectivity index (χ3n) is 4.32. The summed E-state index contributed by atoms with van der Waals surface area (Å²) >= 11 is 5.81. The first-order valence-electron chi connectivity index (χ1n) is 8.78. The van der Waals surface area contributed by atoms with Crippen LogP contribution in [0.3, 0.4) is 0 Å². The van der Waals surface area contributed by atoms with Gasteiger partial charge in [-0.1, -0.05) is 48.0 Å². The van der Waals surface area contributed by atoms with E-state index in [-0.39, 0.29) is 18.7 Å². The Morgan fingerprint density at radius 2 is 1.61 bits per heavy atom. The van der Waals surface area contributed by atoms with E-state index in [0.717, 1.165) is 11.1 Å². The number of hydrogen-bond donors (Lipinski definition) is 2. The molecule has 0 saturated heterocycles. The molecule has 1 unspecified atom stereocenters. The molecule has 0 fully saturated rings. The maximum absolute atomic E-state index is 12.1. The molecular weight excluding hydrogens is 402 g/mol. The average Bonchev–Trinajstić information content (AvgIpc) is 2.66. The predicted octanol–water partition coefficient (Wildman–Crippen LogP) is 2.80. The molecule has 0 aliphatic rings. The van der Waals surface area contributed by atoms with Crippen molar-refractivity contribution in [3.8, 4) is 0 Å². The van der Waals surface area contributed by atoms with E-state index < -0.39 is 21.9 Å². The highest BCUT2D eigenvalue weighted by atomic mass is 35.5. The number of aliphatic carboxylic acids is 1. The molecule has 0 bridgehead atoms. The molecular formula is C20H22ClNO5S. The minimum Gasteiger partial charge on any atom is -0.481 e. The molecule has 0 aliphatic carbocycles. The molecule has 1 atom stereocenters. The van der Waals surface area contributed by atoms with Gasteiger partial charge in [0.1, 0.15) is 6.29 Å². The topological polar surface area (TPSA) is 101 Å². The van der Waals surface area contributed by atoms with Gasteiger partial charge in [-0.15, -0.1) is 0 Å². The third kappa shape index (κ3) is 7.07. The summed E-state index contributed by atoms with van der Waals surface area (Å²) in [5.41, 5.74) is 2.32. The van der Waals surface area contributed by atoms with Crippen LogP contribution >= 0.6 is 11.6 Å². The third-order valence-corrected chi connectivity index (χ3v) is 5.96. The molecule has 2 N–H and O–H groups in total. The maximum Gasteiger partial charge on any atom is 0.311 e. The van der Waals surface area contributed by atoms with E-state index in [9.17, 15) is 18.0 Å². The number of benzene rings is 2. The molecule has 0 aromatic heterocycles. The molecule has 0 spiro atoms. The van der Waals surface area contributed by atoms with Crippen LogP contribution in [-0.2, 0) is 32.5 Å². The zero-order valence-corrected chi connectivity index (χ0v) is 16.7. The molecule has 2 aromatic rings. The van der Waals surface area contributed by atoms with Gasteiger partial charge >= 0.3 is 5.97 Å². The van der Waals surface area contributed by atoms with Crippen molar-refractivity contribution in [2.75, 3.05) is 12.3 Å². The summed E-state index contributed by atoms with van der Waals surface area (Å²) in [4.78, 5) is 21.8. The van der Waals surface area contributed by atoms with Gasteiger partial charge in [0.25, 0.3) is 0 Å². The van der Waals surface area contributed by atoms with E-state index in [0.29, 0.717) is 29.7 Å². The van der Waals surface area contributed by atoms with E-state index >= 15 is 0 Å². The number of carboxylic acid groups (broad SMARTS) is 1. The van der Waals surface area contributed by atoms with Crippen LogP contribution in [-0.4, -0.2) is 38.1 Å². The van der Waals surface area contributed by atoms with Crippen LogP contribution in [0.5, 0.6) is 0 Å². The molecule has 0 heterocycles. The molecule has 8 heteroatoms. The van der Waals surface area contributed by atoms with Gasteiger partial charge < -0.3 is 9.90 Å². The summed E-state index contributed by atoms with van der Waals surface area (Å²) in [6.07, 6.45) is 1.38. The van der Waals surface area contributed by atoms with E-state index in [1.807, 2.05) is 0 Å². The predicted molar refractivity (Wildman–Crippen MR) is 108 cm³/mol. The number of carbonyl (C=O) groups excluding carboxylic acids is 1. The highest BCUT2D eigenvalue weighted by Gasteiger charge is 2.19. The Hall–Kier alpha value is -2.22. The van der Waals surface area contributed by atoms with Crippen molar-refractivity contribution in [1.82, 2.24) is 4.72 Å². The Kier molecular flexibility index (Phi) is 8.17. The van der Waals surface area contributed by atoms with Crippen LogP contribution in [0.25, 0.3) is 0 Å². The SMILES string of the molecule is O=CCC(C(=O)O)c1ccc(CCNS(=O)(=O)CCc2ccc(Cl)cc2)cc1. The van der Waals surface area contributed by atoms with E-state index in [4.69, 9.17) is 16.7 Å². The van der Waals surface area contributed by atoms with Crippen LogP contribution in [0.4, 0.5) is 0 Å². The quantitative estimate of drug-likeness (QED) is 0.541. The monoisotopic (exact) mass is 423 g/mol. The Morgan fingerprint density at radius 1 is 1.04 bits per heavy atom. The fourth-order valence-electron chi connectivity index (χ4n) is 2.72. The van der Waals surface area contributed by atoms with Gasteiger partial charge in [0.2, 0.25) is 10.0 Å². The fourth-order valence-corrected chi connectivity index (χ4v) is 3.91. The van der Waals surface area contributed by atoms with E-state index in [1.165, 1.54) is 0 Å². The molecule has 2 rings (SSSR count). The van der Waals surface area contributed by atoms with Crippen LogP contribution in [0.2, 0.25) is 5.02 Å². The lowest BCUT2D eigenvalue weighted by Crippen LogP contribution is -2.29. The zero-order chi connectivity index (χ0) is 20.6. The average molecular weight is 424 g/mol. The number of carbonyl (C=O) groups is 2. The van der Waals surface area contributed by atoms with Crippen LogP contribution in [0, 0.1) is 0 Å². The van der Waals surface area contributed by atoms with Gasteiger partial charge in [-0.2, -0.15) is 0 Å². The van der Waals surface area contributed by atoms with Crippen molar-refractivity contribution >= 4 is 33.9 Å². The lowest BCUT2D eigenvalue weighted by atomic mass is 9.95. The Balaban J connectivity index is 1.83. The largest absolute Gasteiger partial charge is 0.481 e. The number of aldehydes is 1. The van der Waals surface area contributed by atoms with E-state index in [2.05, 4.69) is 4.72 Å². The molecule has 0 radical (unpaired) electrons. The standard InChI is InChI=1S/C20H22ClNO5S/c21-18-7-3-16(4-8-18)11-14-28(26,27)22-12-9-15-1-5-17(6-2-15)19(10-13-23)20(24)25/h1-8,13,19,22H,9-12,14H2,(H,24,25). The van der Waals surface area contributed by atoms with Gasteiger partial charge in [-0.05, 0) is 41.7 Å². The summed E-state index contributed by atoms with van der Waals surface area (Å²) in [7, 11) is -3.40. The first-order chi connectivity index (χ1) is 13.3. The van der Waals surface area contributed by atoms with Gasteiger partial charge in [-0.25, -0.2) is 13.1 Å². The maximum atomic E-state index is 12.1. The number of hydrogen-bond acceptors (Lipinski definition) is 4. The van der Waals surface area contributed by atoms with Gasteiger partial charge in [0, 0.05) is 18.0 Å². The summed E-state index contributed by atoms with van der Waals surface area (Å²) < 4.78 is 26.8. The lowest BCUT2D eigenvalue weighted by molar-refractivity contribution is -0.139. The van der Waals surface area contributed by atoms with E-state index in [1.54, 1.807) is 48.5 Å². The summed E-state index contributed by atoms with van der Waals surface area (Å²) in [6.45, 7) is 0.249. The van der Waals surface area contributed by atoms with Gasteiger partial charge in [-0.3, -0.25) is 4.79 Å². The molecule has 0 amide bonds. The summed E-state index contributed by atoms with van der Waals surface area (Å²) in [5, 5.41) is 9.77. The smallest absolute Gasteiger partial charge is 0.311 e. The van der Waals surface area contributed by atoms with Crippen LogP contribution in [0.1, 0.15) is 29.0 Å². The number of aryl methyl sites for hydroxylation is 1. The van der Waals surface area contributed by atoms with Crippen molar-refractivity contribution in [3.05, 3.63) is 70.2 Å². The first kappa shape index (κ1) is 22.1. The number of rotatable bonds is 11. The Bertz CT molecular complexity index is 895. The Morgan fingerprint density at radius 3 is 2.18 bits per heavy atom. The minimum absolute atomic E-state index is 0.0143. The van der Waals surface area contributed by atoms with Crippen molar-refractivity contribution in [1.29, 1.82) is 0 Å². The summed E-state index contributed by atoms with van der Waals surface area (Å²) in [5.74, 6) is -1.93. The molecule has 150 valence electrons. The Labute approximate surface area is 169 Å². The van der Waals surface area contributed by atoms with Crippen LogP contribution in [0.15, 0.2) is 48.5 Å². The second kappa shape index (κ2) is 10.4. The van der Waals surface area contributed by atoms with Crippen molar-refractivity contribution in [2.24, 2.45) is 0 Å².